The van der Waals surface area contributed by atoms with Gasteiger partial charge in [-0.15, -0.1) is 0 Å². The van der Waals surface area contributed by atoms with Crippen molar-refractivity contribution in [3.8, 4) is 0 Å². The number of likely N-dealkylation sites (N-methyl/N-ethyl adjacent to an activating group) is 1. The average Bonchev–Trinajstić information content (AvgIpc) is 2.45. The van der Waals surface area contributed by atoms with Gasteiger partial charge in [0.1, 0.15) is 12.8 Å². The van der Waals surface area contributed by atoms with Gasteiger partial charge in [-0.3, -0.25) is 10.1 Å². The Balaban J connectivity index is 2.28. The number of hydrogen-bond acceptors (Lipinski definition) is 6. The number of hydrogen-bond donors (Lipinski definition) is 0. The standard InChI is InChI=1S/C13H18N4O3/c1-15-5-7-16(8-6-15)12-4-3-11(10-14-20-2)9-13(12)17(18)19/h3-4,9-10H,5-8H2,1-2H3/b14-10-. The van der Waals surface area contributed by atoms with Gasteiger partial charge in [0.2, 0.25) is 0 Å². The lowest BCUT2D eigenvalue weighted by Gasteiger charge is -2.33. The van der Waals surface area contributed by atoms with Gasteiger partial charge in [-0.1, -0.05) is 11.2 Å². The van der Waals surface area contributed by atoms with Gasteiger partial charge in [-0.05, 0) is 13.1 Å². The van der Waals surface area contributed by atoms with E-state index in [-0.39, 0.29) is 10.6 Å². The molecule has 0 bridgehead atoms. The predicted molar refractivity (Wildman–Crippen MR) is 77.4 cm³/mol. The molecule has 0 aliphatic carbocycles. The Kier molecular flexibility index (Phi) is 4.52. The van der Waals surface area contributed by atoms with Gasteiger partial charge in [0.25, 0.3) is 5.69 Å². The highest BCUT2D eigenvalue weighted by Gasteiger charge is 2.22. The van der Waals surface area contributed by atoms with Gasteiger partial charge in [-0.2, -0.15) is 0 Å². The molecule has 0 unspecified atom stereocenters. The third kappa shape index (κ3) is 3.24. The Labute approximate surface area is 117 Å². The zero-order valence-electron chi connectivity index (χ0n) is 11.7. The molecular formula is C13H18N4O3. The first-order valence-corrected chi connectivity index (χ1v) is 6.40. The van der Waals surface area contributed by atoms with Crippen LogP contribution in [-0.2, 0) is 4.84 Å². The Bertz CT molecular complexity index is 510. The second kappa shape index (κ2) is 6.33. The molecule has 0 aromatic heterocycles. The normalized spacial score (nSPS) is 16.6. The molecule has 1 aromatic rings. The van der Waals surface area contributed by atoms with Crippen LogP contribution in [0.25, 0.3) is 0 Å². The minimum atomic E-state index is -0.349. The first-order valence-electron chi connectivity index (χ1n) is 6.40. The van der Waals surface area contributed by atoms with Crippen LogP contribution in [0.3, 0.4) is 0 Å². The summed E-state index contributed by atoms with van der Waals surface area (Å²) in [6.45, 7) is 3.40. The highest BCUT2D eigenvalue weighted by Crippen LogP contribution is 2.29. The van der Waals surface area contributed by atoms with Crippen LogP contribution in [0, 0.1) is 10.1 Å². The first-order chi connectivity index (χ1) is 9.61. The lowest BCUT2D eigenvalue weighted by Crippen LogP contribution is -2.44. The molecule has 1 saturated heterocycles. The van der Waals surface area contributed by atoms with E-state index in [1.165, 1.54) is 19.4 Å². The summed E-state index contributed by atoms with van der Waals surface area (Å²) >= 11 is 0. The quantitative estimate of drug-likeness (QED) is 0.472. The SMILES string of the molecule is CO/N=C\c1ccc(N2CCN(C)CC2)c([N+](=O)[O-])c1. The smallest absolute Gasteiger partial charge is 0.293 e. The van der Waals surface area contributed by atoms with E-state index in [0.29, 0.717) is 11.3 Å². The maximum absolute atomic E-state index is 11.2. The lowest BCUT2D eigenvalue weighted by molar-refractivity contribution is -0.384. The molecule has 0 N–H and O–H groups in total. The molecule has 7 nitrogen and oxygen atoms in total. The minimum Gasteiger partial charge on any atom is -0.399 e. The van der Waals surface area contributed by atoms with Crippen LogP contribution in [0.4, 0.5) is 11.4 Å². The topological polar surface area (TPSA) is 71.2 Å². The van der Waals surface area contributed by atoms with Gasteiger partial charge in [0.05, 0.1) is 11.1 Å². The van der Waals surface area contributed by atoms with Gasteiger partial charge < -0.3 is 14.6 Å². The number of nitro groups is 1. The molecule has 0 spiro atoms. The molecule has 0 saturated carbocycles. The third-order valence-corrected chi connectivity index (χ3v) is 3.35. The van der Waals surface area contributed by atoms with E-state index in [4.69, 9.17) is 0 Å². The number of nitro benzene ring substituents is 1. The van der Waals surface area contributed by atoms with Crippen molar-refractivity contribution >= 4 is 17.6 Å². The summed E-state index contributed by atoms with van der Waals surface area (Å²) in [5.41, 5.74) is 1.42. The molecule has 0 atom stereocenters. The third-order valence-electron chi connectivity index (χ3n) is 3.35. The van der Waals surface area contributed by atoms with Crippen molar-refractivity contribution in [2.75, 3.05) is 45.2 Å². The van der Waals surface area contributed by atoms with Crippen molar-refractivity contribution < 1.29 is 9.76 Å². The van der Waals surface area contributed by atoms with Crippen LogP contribution < -0.4 is 4.90 Å². The highest BCUT2D eigenvalue weighted by atomic mass is 16.6. The molecule has 2 rings (SSSR count). The van der Waals surface area contributed by atoms with Gasteiger partial charge in [0.15, 0.2) is 0 Å². The summed E-state index contributed by atoms with van der Waals surface area (Å²) in [7, 11) is 3.49. The monoisotopic (exact) mass is 278 g/mol. The fraction of sp³-hybridized carbons (Fsp3) is 0.462. The zero-order chi connectivity index (χ0) is 14.5. The van der Waals surface area contributed by atoms with Gasteiger partial charge in [-0.25, -0.2) is 0 Å². The highest BCUT2D eigenvalue weighted by molar-refractivity contribution is 5.82. The molecule has 1 aromatic carbocycles. The Hall–Kier alpha value is -2.15. The summed E-state index contributed by atoms with van der Waals surface area (Å²) < 4.78 is 0. The number of nitrogens with zero attached hydrogens (tertiary/aromatic N) is 4. The second-order valence-electron chi connectivity index (χ2n) is 4.71. The van der Waals surface area contributed by atoms with Crippen LogP contribution in [0.5, 0.6) is 0 Å². The Morgan fingerprint density at radius 2 is 2.05 bits per heavy atom. The van der Waals surface area contributed by atoms with E-state index in [9.17, 15) is 10.1 Å². The van der Waals surface area contributed by atoms with Crippen molar-refractivity contribution in [2.24, 2.45) is 5.16 Å². The van der Waals surface area contributed by atoms with E-state index in [1.807, 2.05) is 6.07 Å². The summed E-state index contributed by atoms with van der Waals surface area (Å²) in [5.74, 6) is 0. The van der Waals surface area contributed by atoms with Crippen molar-refractivity contribution in [3.05, 3.63) is 33.9 Å². The number of anilines is 1. The number of oxime groups is 1. The van der Waals surface area contributed by atoms with Crippen molar-refractivity contribution in [1.82, 2.24) is 4.90 Å². The molecule has 0 radical (unpaired) electrons. The molecule has 20 heavy (non-hydrogen) atoms. The van der Waals surface area contributed by atoms with E-state index in [2.05, 4.69) is 26.8 Å². The molecule has 1 aliphatic rings. The van der Waals surface area contributed by atoms with Crippen LogP contribution in [-0.4, -0.2) is 56.4 Å². The van der Waals surface area contributed by atoms with E-state index >= 15 is 0 Å². The zero-order valence-corrected chi connectivity index (χ0v) is 11.7. The van der Waals surface area contributed by atoms with Crippen molar-refractivity contribution in [1.29, 1.82) is 0 Å². The summed E-state index contributed by atoms with van der Waals surface area (Å²) in [6, 6.07) is 5.11. The lowest BCUT2D eigenvalue weighted by atomic mass is 10.1. The number of rotatable bonds is 4. The Morgan fingerprint density at radius 1 is 1.35 bits per heavy atom. The summed E-state index contributed by atoms with van der Waals surface area (Å²) in [6.07, 6.45) is 1.46. The van der Waals surface area contributed by atoms with E-state index < -0.39 is 0 Å². The summed E-state index contributed by atoms with van der Waals surface area (Å²) in [5, 5.41) is 14.9. The van der Waals surface area contributed by atoms with Crippen molar-refractivity contribution in [2.45, 2.75) is 0 Å². The molecule has 7 heteroatoms. The second-order valence-corrected chi connectivity index (χ2v) is 4.71. The molecule has 108 valence electrons. The molecule has 1 heterocycles. The Morgan fingerprint density at radius 3 is 2.65 bits per heavy atom. The maximum atomic E-state index is 11.2. The van der Waals surface area contributed by atoms with Crippen LogP contribution in [0.15, 0.2) is 23.4 Å². The maximum Gasteiger partial charge on any atom is 0.293 e. The minimum absolute atomic E-state index is 0.106. The number of piperazine rings is 1. The molecule has 1 aliphatic heterocycles. The largest absolute Gasteiger partial charge is 0.399 e. The number of benzene rings is 1. The van der Waals surface area contributed by atoms with Crippen LogP contribution in [0.2, 0.25) is 0 Å². The van der Waals surface area contributed by atoms with E-state index in [0.717, 1.165) is 26.2 Å². The predicted octanol–water partition coefficient (Wildman–Crippen LogP) is 1.33. The van der Waals surface area contributed by atoms with Crippen LogP contribution >= 0.6 is 0 Å². The molecular weight excluding hydrogens is 260 g/mol. The average molecular weight is 278 g/mol. The fourth-order valence-corrected chi connectivity index (χ4v) is 2.20. The van der Waals surface area contributed by atoms with Gasteiger partial charge in [0, 0.05) is 37.8 Å². The first kappa shape index (κ1) is 14.3. The van der Waals surface area contributed by atoms with Gasteiger partial charge >= 0.3 is 0 Å². The van der Waals surface area contributed by atoms with E-state index in [1.54, 1.807) is 6.07 Å². The van der Waals surface area contributed by atoms with Crippen LogP contribution in [0.1, 0.15) is 5.56 Å². The molecule has 0 amide bonds. The molecule has 1 fully saturated rings. The van der Waals surface area contributed by atoms with Crippen molar-refractivity contribution in [3.63, 3.8) is 0 Å². The fourth-order valence-electron chi connectivity index (χ4n) is 2.20. The summed E-state index contributed by atoms with van der Waals surface area (Å²) in [4.78, 5) is 19.7.